The molecule has 1 aliphatic heterocycles. The molecule has 2 amide bonds. The van der Waals surface area contributed by atoms with Gasteiger partial charge in [0.25, 0.3) is 11.8 Å². The lowest BCUT2D eigenvalue weighted by atomic mass is 10.1. The molecule has 1 heterocycles. The Morgan fingerprint density at radius 1 is 1.18 bits per heavy atom. The highest BCUT2D eigenvalue weighted by Crippen LogP contribution is 2.29. The summed E-state index contributed by atoms with van der Waals surface area (Å²) in [5.41, 5.74) is 2.64. The Kier molecular flexibility index (Phi) is 5.93. The van der Waals surface area contributed by atoms with Gasteiger partial charge in [-0.05, 0) is 31.5 Å². The Bertz CT molecular complexity index is 879. The fourth-order valence-electron chi connectivity index (χ4n) is 2.72. The molecule has 0 aromatic heterocycles. The number of ether oxygens (including phenoxy) is 2. The predicted octanol–water partition coefficient (Wildman–Crippen LogP) is 2.33. The third kappa shape index (κ3) is 4.88. The van der Waals surface area contributed by atoms with E-state index in [1.807, 2.05) is 31.2 Å². The average molecular weight is 382 g/mol. The van der Waals surface area contributed by atoms with Crippen LogP contribution in [0.4, 0.5) is 5.69 Å². The summed E-state index contributed by atoms with van der Waals surface area (Å²) < 4.78 is 10.7. The van der Waals surface area contributed by atoms with Gasteiger partial charge in [-0.1, -0.05) is 42.0 Å². The van der Waals surface area contributed by atoms with Gasteiger partial charge in [-0.2, -0.15) is 0 Å². The van der Waals surface area contributed by atoms with Gasteiger partial charge in [-0.3, -0.25) is 14.4 Å². The van der Waals surface area contributed by atoms with Crippen LogP contribution < -0.4 is 15.4 Å². The monoisotopic (exact) mass is 382 g/mol. The Morgan fingerprint density at radius 2 is 1.89 bits per heavy atom. The Hall–Kier alpha value is -3.35. The topological polar surface area (TPSA) is 93.7 Å². The van der Waals surface area contributed by atoms with E-state index in [4.69, 9.17) is 9.47 Å². The molecule has 0 aliphatic carbocycles. The van der Waals surface area contributed by atoms with Gasteiger partial charge in [-0.15, -0.1) is 0 Å². The van der Waals surface area contributed by atoms with Crippen molar-refractivity contribution in [1.82, 2.24) is 5.32 Å². The van der Waals surface area contributed by atoms with E-state index in [-0.39, 0.29) is 6.42 Å². The lowest BCUT2D eigenvalue weighted by Crippen LogP contribution is -2.40. The zero-order chi connectivity index (χ0) is 20.1. The molecular formula is C21H22N2O5. The lowest BCUT2D eigenvalue weighted by Gasteiger charge is -2.25. The van der Waals surface area contributed by atoms with E-state index in [0.717, 1.165) is 11.1 Å². The molecule has 1 aliphatic rings. The first-order valence-electron chi connectivity index (χ1n) is 9.01. The van der Waals surface area contributed by atoms with Crippen molar-refractivity contribution in [2.75, 3.05) is 5.32 Å². The number of para-hydroxylation sites is 2. The molecule has 2 N–H and O–H groups in total. The summed E-state index contributed by atoms with van der Waals surface area (Å²) in [6.45, 7) is 3.81. The predicted molar refractivity (Wildman–Crippen MR) is 103 cm³/mol. The number of nitrogens with one attached hydrogen (secondary N) is 2. The second-order valence-corrected chi connectivity index (χ2v) is 6.63. The quantitative estimate of drug-likeness (QED) is 0.748. The number of rotatable bonds is 6. The number of carbonyl (C=O) groups excluding carboxylic acids is 3. The average Bonchev–Trinajstić information content (AvgIpc) is 2.67. The summed E-state index contributed by atoms with van der Waals surface area (Å²) in [6, 6.07) is 14.7. The van der Waals surface area contributed by atoms with Crippen LogP contribution in [0.15, 0.2) is 48.5 Å². The molecule has 2 atom stereocenters. The molecule has 0 radical (unpaired) electrons. The van der Waals surface area contributed by atoms with Crippen molar-refractivity contribution >= 4 is 23.5 Å². The minimum Gasteiger partial charge on any atom is -0.478 e. The highest BCUT2D eigenvalue weighted by molar-refractivity contribution is 5.99. The van der Waals surface area contributed by atoms with Gasteiger partial charge < -0.3 is 20.1 Å². The van der Waals surface area contributed by atoms with E-state index < -0.39 is 30.0 Å². The van der Waals surface area contributed by atoms with Gasteiger partial charge in [0.1, 0.15) is 5.75 Å². The number of benzene rings is 2. The molecule has 0 fully saturated rings. The van der Waals surface area contributed by atoms with Crippen molar-refractivity contribution in [3.63, 3.8) is 0 Å². The highest BCUT2D eigenvalue weighted by Gasteiger charge is 2.31. The maximum atomic E-state index is 12.1. The van der Waals surface area contributed by atoms with Crippen molar-refractivity contribution in [1.29, 1.82) is 0 Å². The number of aryl methyl sites for hydroxylation is 1. The van der Waals surface area contributed by atoms with Crippen LogP contribution in [-0.4, -0.2) is 30.0 Å². The summed E-state index contributed by atoms with van der Waals surface area (Å²) in [5.74, 6) is -1.03. The van der Waals surface area contributed by atoms with Gasteiger partial charge in [0.2, 0.25) is 0 Å². The summed E-state index contributed by atoms with van der Waals surface area (Å²) in [5, 5.41) is 5.41. The summed E-state index contributed by atoms with van der Waals surface area (Å²) in [7, 11) is 0. The molecule has 3 rings (SSSR count). The van der Waals surface area contributed by atoms with Crippen LogP contribution in [0, 0.1) is 6.92 Å². The van der Waals surface area contributed by atoms with Crippen molar-refractivity contribution < 1.29 is 23.9 Å². The van der Waals surface area contributed by atoms with Gasteiger partial charge in [-0.25, -0.2) is 0 Å². The summed E-state index contributed by atoms with van der Waals surface area (Å²) in [4.78, 5) is 36.3. The van der Waals surface area contributed by atoms with Gasteiger partial charge in [0.05, 0.1) is 12.1 Å². The zero-order valence-corrected chi connectivity index (χ0v) is 15.7. The SMILES string of the molecule is Cc1ccc(CNC(=O)[C@H](C)OC(=O)C[C@@H]2Oc3ccccc3NC2=O)cc1. The molecule has 0 saturated heterocycles. The van der Waals surface area contributed by atoms with Crippen LogP contribution in [0.5, 0.6) is 5.75 Å². The minimum atomic E-state index is -0.995. The van der Waals surface area contributed by atoms with Crippen LogP contribution in [0.25, 0.3) is 0 Å². The van der Waals surface area contributed by atoms with E-state index in [1.165, 1.54) is 6.92 Å². The molecule has 146 valence electrons. The molecule has 2 aromatic carbocycles. The van der Waals surface area contributed by atoms with Crippen LogP contribution in [0.2, 0.25) is 0 Å². The number of anilines is 1. The van der Waals surface area contributed by atoms with Crippen LogP contribution in [-0.2, 0) is 25.7 Å². The van der Waals surface area contributed by atoms with Crippen LogP contribution >= 0.6 is 0 Å². The van der Waals surface area contributed by atoms with E-state index in [1.54, 1.807) is 24.3 Å². The van der Waals surface area contributed by atoms with E-state index >= 15 is 0 Å². The number of carbonyl (C=O) groups is 3. The van der Waals surface area contributed by atoms with Gasteiger partial charge >= 0.3 is 5.97 Å². The second-order valence-electron chi connectivity index (χ2n) is 6.63. The zero-order valence-electron chi connectivity index (χ0n) is 15.7. The third-order valence-electron chi connectivity index (χ3n) is 4.32. The second kappa shape index (κ2) is 8.56. The number of fused-ring (bicyclic) bond motifs is 1. The maximum Gasteiger partial charge on any atom is 0.310 e. The molecule has 28 heavy (non-hydrogen) atoms. The Balaban J connectivity index is 1.48. The fourth-order valence-corrected chi connectivity index (χ4v) is 2.72. The molecule has 2 aromatic rings. The normalized spacial score (nSPS) is 16.2. The molecule has 0 unspecified atom stereocenters. The molecule has 0 spiro atoms. The Morgan fingerprint density at radius 3 is 2.64 bits per heavy atom. The standard InChI is InChI=1S/C21H22N2O5/c1-13-7-9-15(10-8-13)12-22-20(25)14(2)27-19(24)11-18-21(26)23-16-5-3-4-6-17(16)28-18/h3-10,14,18H,11-12H2,1-2H3,(H,22,25)(H,23,26)/t14-,18-/m0/s1. The van der Waals surface area contributed by atoms with Crippen molar-refractivity contribution in [3.8, 4) is 5.75 Å². The molecule has 0 bridgehead atoms. The van der Waals surface area contributed by atoms with E-state index in [9.17, 15) is 14.4 Å². The lowest BCUT2D eigenvalue weighted by molar-refractivity contribution is -0.157. The molecular weight excluding hydrogens is 360 g/mol. The van der Waals surface area contributed by atoms with Crippen molar-refractivity contribution in [2.45, 2.75) is 39.0 Å². The van der Waals surface area contributed by atoms with Gasteiger partial charge in [0.15, 0.2) is 12.2 Å². The first-order valence-corrected chi connectivity index (χ1v) is 9.01. The van der Waals surface area contributed by atoms with Crippen molar-refractivity contribution in [2.24, 2.45) is 0 Å². The fraction of sp³-hybridized carbons (Fsp3) is 0.286. The maximum absolute atomic E-state index is 12.1. The molecule has 0 saturated carbocycles. The number of hydrogen-bond donors (Lipinski definition) is 2. The smallest absolute Gasteiger partial charge is 0.310 e. The largest absolute Gasteiger partial charge is 0.478 e. The number of amides is 2. The number of hydrogen-bond acceptors (Lipinski definition) is 5. The first-order chi connectivity index (χ1) is 13.4. The minimum absolute atomic E-state index is 0.282. The first kappa shape index (κ1) is 19.4. The van der Waals surface area contributed by atoms with Gasteiger partial charge in [0, 0.05) is 6.54 Å². The Labute approximate surface area is 163 Å². The van der Waals surface area contributed by atoms with E-state index in [0.29, 0.717) is 18.0 Å². The van der Waals surface area contributed by atoms with Crippen LogP contribution in [0.1, 0.15) is 24.5 Å². The van der Waals surface area contributed by atoms with Crippen LogP contribution in [0.3, 0.4) is 0 Å². The number of esters is 1. The summed E-state index contributed by atoms with van der Waals surface area (Å²) in [6.07, 6.45) is -2.25. The summed E-state index contributed by atoms with van der Waals surface area (Å²) >= 11 is 0. The molecule has 7 heteroatoms. The van der Waals surface area contributed by atoms with E-state index in [2.05, 4.69) is 10.6 Å². The highest BCUT2D eigenvalue weighted by atomic mass is 16.6. The van der Waals surface area contributed by atoms with Crippen molar-refractivity contribution in [3.05, 3.63) is 59.7 Å². The third-order valence-corrected chi connectivity index (χ3v) is 4.32. The molecule has 7 nitrogen and oxygen atoms in total.